The monoisotopic (exact) mass is 326 g/mol. The third-order valence-electron chi connectivity index (χ3n) is 3.22. The molecule has 116 valence electrons. The van der Waals surface area contributed by atoms with Crippen LogP contribution in [0.2, 0.25) is 0 Å². The number of thioether (sulfide) groups is 1. The van der Waals surface area contributed by atoms with Gasteiger partial charge in [-0.1, -0.05) is 30.3 Å². The molecule has 0 radical (unpaired) electrons. The van der Waals surface area contributed by atoms with E-state index in [2.05, 4.69) is 0 Å². The number of amides is 1. The molecule has 0 fully saturated rings. The molecule has 0 saturated carbocycles. The molecule has 0 spiro atoms. The van der Waals surface area contributed by atoms with Gasteiger partial charge in [-0.25, -0.2) is 4.39 Å². The molecule has 0 atom stereocenters. The van der Waals surface area contributed by atoms with Crippen LogP contribution in [0.15, 0.2) is 60.0 Å². The van der Waals surface area contributed by atoms with E-state index < -0.39 is 0 Å². The lowest BCUT2D eigenvalue weighted by Gasteiger charge is -2.24. The molecular formula is C18H15FN2OS. The number of rotatable bonds is 5. The van der Waals surface area contributed by atoms with Crippen molar-refractivity contribution >= 4 is 23.4 Å². The number of hydrogen-bond donors (Lipinski definition) is 0. The molecule has 0 aliphatic rings. The van der Waals surface area contributed by atoms with E-state index in [1.807, 2.05) is 35.7 Å². The smallest absolute Gasteiger partial charge is 0.224 e. The summed E-state index contributed by atoms with van der Waals surface area (Å²) < 4.78 is 13.2. The normalized spacial score (nSPS) is 10.9. The summed E-state index contributed by atoms with van der Waals surface area (Å²) in [4.78, 5) is 13.7. The molecule has 1 amide bonds. The second-order valence-corrected chi connectivity index (χ2v) is 5.46. The first-order valence-electron chi connectivity index (χ1n) is 6.94. The molecular weight excluding hydrogens is 311 g/mol. The Labute approximate surface area is 139 Å². The van der Waals surface area contributed by atoms with Gasteiger partial charge in [0.2, 0.25) is 5.91 Å². The summed E-state index contributed by atoms with van der Waals surface area (Å²) in [6, 6.07) is 15.4. The minimum atomic E-state index is -0.349. The van der Waals surface area contributed by atoms with E-state index in [1.54, 1.807) is 22.4 Å². The Hall–Kier alpha value is -2.58. The number of benzene rings is 2. The molecule has 0 saturated heterocycles. The Kier molecular flexibility index (Phi) is 5.95. The highest BCUT2D eigenvalue weighted by atomic mass is 32.2. The zero-order valence-electron chi connectivity index (χ0n) is 12.6. The third-order valence-corrected chi connectivity index (χ3v) is 3.66. The van der Waals surface area contributed by atoms with Gasteiger partial charge in [-0.2, -0.15) is 5.26 Å². The lowest BCUT2D eigenvalue weighted by Crippen LogP contribution is -2.26. The first-order chi connectivity index (χ1) is 11.1. The summed E-state index contributed by atoms with van der Waals surface area (Å²) in [5, 5.41) is 12.4. The van der Waals surface area contributed by atoms with Crippen molar-refractivity contribution in [3.63, 3.8) is 0 Å². The van der Waals surface area contributed by atoms with E-state index >= 15 is 0 Å². The fourth-order valence-electron chi connectivity index (χ4n) is 2.12. The van der Waals surface area contributed by atoms with Gasteiger partial charge in [-0.15, -0.1) is 0 Å². The van der Waals surface area contributed by atoms with E-state index in [4.69, 9.17) is 5.26 Å². The standard InChI is InChI=1S/C18H15FN2OS/c1-14(22)21(11-15-5-3-2-4-6-15)18(12-23-13-20)16-7-9-17(19)10-8-16/h2-10,12H,11H2,1H3. The molecule has 5 heteroatoms. The number of nitriles is 1. The maximum Gasteiger partial charge on any atom is 0.224 e. The first-order valence-corrected chi connectivity index (χ1v) is 7.82. The van der Waals surface area contributed by atoms with E-state index in [-0.39, 0.29) is 11.7 Å². The highest BCUT2D eigenvalue weighted by Crippen LogP contribution is 2.25. The van der Waals surface area contributed by atoms with Crippen molar-refractivity contribution in [2.45, 2.75) is 13.5 Å². The Morgan fingerprint density at radius 3 is 2.43 bits per heavy atom. The van der Waals surface area contributed by atoms with Crippen molar-refractivity contribution < 1.29 is 9.18 Å². The maximum atomic E-state index is 13.2. The highest BCUT2D eigenvalue weighted by Gasteiger charge is 2.17. The van der Waals surface area contributed by atoms with E-state index in [0.29, 0.717) is 17.8 Å². The zero-order chi connectivity index (χ0) is 16.7. The molecule has 2 aromatic rings. The van der Waals surface area contributed by atoms with Crippen LogP contribution in [0.1, 0.15) is 18.1 Å². The Morgan fingerprint density at radius 2 is 1.87 bits per heavy atom. The van der Waals surface area contributed by atoms with Crippen LogP contribution >= 0.6 is 11.8 Å². The van der Waals surface area contributed by atoms with Gasteiger partial charge in [-0.3, -0.25) is 4.79 Å². The molecule has 0 aliphatic heterocycles. The van der Waals surface area contributed by atoms with Gasteiger partial charge < -0.3 is 4.90 Å². The summed E-state index contributed by atoms with van der Waals surface area (Å²) in [6.07, 6.45) is 0. The lowest BCUT2D eigenvalue weighted by atomic mass is 10.1. The van der Waals surface area contributed by atoms with Gasteiger partial charge >= 0.3 is 0 Å². The number of nitrogens with zero attached hydrogens (tertiary/aromatic N) is 2. The topological polar surface area (TPSA) is 44.1 Å². The minimum absolute atomic E-state index is 0.150. The number of carbonyl (C=O) groups is 1. The van der Waals surface area contributed by atoms with Gasteiger partial charge in [0.05, 0.1) is 12.2 Å². The highest BCUT2D eigenvalue weighted by molar-refractivity contribution is 8.06. The van der Waals surface area contributed by atoms with Gasteiger partial charge in [0.25, 0.3) is 0 Å². The molecule has 2 aromatic carbocycles. The quantitative estimate of drug-likeness (QED) is 0.766. The molecule has 0 aliphatic carbocycles. The van der Waals surface area contributed by atoms with E-state index in [0.717, 1.165) is 17.3 Å². The second-order valence-electron chi connectivity index (χ2n) is 4.81. The molecule has 0 unspecified atom stereocenters. The van der Waals surface area contributed by atoms with Crippen molar-refractivity contribution in [1.29, 1.82) is 5.26 Å². The van der Waals surface area contributed by atoms with Crippen LogP contribution in [0.4, 0.5) is 4.39 Å². The van der Waals surface area contributed by atoms with Crippen molar-refractivity contribution in [3.05, 3.63) is 76.9 Å². The van der Waals surface area contributed by atoms with Gasteiger partial charge in [0.1, 0.15) is 11.2 Å². The van der Waals surface area contributed by atoms with Gasteiger partial charge in [-0.05, 0) is 47.2 Å². The number of hydrogen-bond acceptors (Lipinski definition) is 3. The molecule has 3 nitrogen and oxygen atoms in total. The molecule has 0 heterocycles. The number of thiocyanates is 1. The van der Waals surface area contributed by atoms with Crippen LogP contribution in [0, 0.1) is 16.5 Å². The van der Waals surface area contributed by atoms with Crippen LogP contribution in [0.5, 0.6) is 0 Å². The molecule has 2 rings (SSSR count). The largest absolute Gasteiger partial charge is 0.307 e. The fourth-order valence-corrected chi connectivity index (χ4v) is 2.55. The van der Waals surface area contributed by atoms with Crippen LogP contribution in [-0.4, -0.2) is 10.8 Å². The van der Waals surface area contributed by atoms with Crippen LogP contribution in [0.25, 0.3) is 5.70 Å². The molecule has 23 heavy (non-hydrogen) atoms. The van der Waals surface area contributed by atoms with Crippen molar-refractivity contribution in [1.82, 2.24) is 4.90 Å². The van der Waals surface area contributed by atoms with E-state index in [1.165, 1.54) is 19.1 Å². The van der Waals surface area contributed by atoms with Gasteiger partial charge in [0.15, 0.2) is 0 Å². The van der Waals surface area contributed by atoms with Crippen LogP contribution in [-0.2, 0) is 11.3 Å². The average Bonchev–Trinajstić information content (AvgIpc) is 2.56. The van der Waals surface area contributed by atoms with Crippen LogP contribution in [0.3, 0.4) is 0 Å². The summed E-state index contributed by atoms with van der Waals surface area (Å²) in [5.74, 6) is -0.499. The van der Waals surface area contributed by atoms with Crippen LogP contribution < -0.4 is 0 Å². The summed E-state index contributed by atoms with van der Waals surface area (Å²) in [5.41, 5.74) is 2.23. The SMILES string of the molecule is CC(=O)N(Cc1ccccc1)C(=CSC#N)c1ccc(F)cc1. The van der Waals surface area contributed by atoms with Crippen molar-refractivity contribution in [2.75, 3.05) is 0 Å². The summed E-state index contributed by atoms with van der Waals surface area (Å²) in [7, 11) is 0. The lowest BCUT2D eigenvalue weighted by molar-refractivity contribution is -0.126. The van der Waals surface area contributed by atoms with Gasteiger partial charge in [0, 0.05) is 12.3 Å². The molecule has 0 bridgehead atoms. The Balaban J connectivity index is 2.39. The minimum Gasteiger partial charge on any atom is -0.307 e. The summed E-state index contributed by atoms with van der Waals surface area (Å²) in [6.45, 7) is 1.85. The predicted molar refractivity (Wildman–Crippen MR) is 90.2 cm³/mol. The first kappa shape index (κ1) is 16.8. The number of carbonyl (C=O) groups excluding carboxylic acids is 1. The van der Waals surface area contributed by atoms with E-state index in [9.17, 15) is 9.18 Å². The molecule has 0 N–H and O–H groups in total. The predicted octanol–water partition coefficient (Wildman–Crippen LogP) is 4.39. The third kappa shape index (κ3) is 4.70. The Morgan fingerprint density at radius 1 is 1.22 bits per heavy atom. The zero-order valence-corrected chi connectivity index (χ0v) is 13.4. The second kappa shape index (κ2) is 8.16. The summed E-state index contributed by atoms with van der Waals surface area (Å²) >= 11 is 0.927. The van der Waals surface area contributed by atoms with Crippen molar-refractivity contribution in [2.24, 2.45) is 0 Å². The Bertz CT molecular complexity index is 736. The maximum absolute atomic E-state index is 13.2. The average molecular weight is 326 g/mol. The van der Waals surface area contributed by atoms with Crippen molar-refractivity contribution in [3.8, 4) is 5.40 Å². The number of halogens is 1. The molecule has 0 aromatic heterocycles. The fraction of sp³-hybridized carbons (Fsp3) is 0.111.